The Kier molecular flexibility index (Phi) is 4.49. The monoisotopic (exact) mass is 298 g/mol. The Bertz CT molecular complexity index is 387. The van der Waals surface area contributed by atoms with E-state index in [1.54, 1.807) is 0 Å². The second-order valence-corrected chi connectivity index (χ2v) is 7.60. The molecule has 0 bridgehead atoms. The number of nitrogens with zero attached hydrogens (tertiary/aromatic N) is 4. The molecule has 0 radical (unpaired) electrons. The molecule has 1 spiro atoms. The van der Waals surface area contributed by atoms with Crippen LogP contribution in [-0.2, 0) is 0 Å². The molecular formula is C17H38N4+2. The van der Waals surface area contributed by atoms with Crippen LogP contribution in [0, 0.1) is 0 Å². The van der Waals surface area contributed by atoms with Crippen LogP contribution in [0.15, 0.2) is 0 Å². The maximum Gasteiger partial charge on any atom is 0.356 e. The minimum Gasteiger partial charge on any atom is -0.244 e. The summed E-state index contributed by atoms with van der Waals surface area (Å²) in [5.41, 5.74) is 0. The first kappa shape index (κ1) is 17.2. The predicted molar refractivity (Wildman–Crippen MR) is 89.6 cm³/mol. The van der Waals surface area contributed by atoms with Crippen LogP contribution in [0.5, 0.6) is 0 Å². The highest BCUT2D eigenvalue weighted by Gasteiger charge is 2.77. The Labute approximate surface area is 132 Å². The van der Waals surface area contributed by atoms with Gasteiger partial charge >= 0.3 is 5.91 Å². The van der Waals surface area contributed by atoms with Crippen molar-refractivity contribution in [2.45, 2.75) is 59.5 Å². The fourth-order valence-electron chi connectivity index (χ4n) is 5.75. The van der Waals surface area contributed by atoms with E-state index in [0.29, 0.717) is 12.1 Å². The van der Waals surface area contributed by atoms with Crippen molar-refractivity contribution < 1.29 is 8.97 Å². The average Bonchev–Trinajstić information content (AvgIpc) is 2.84. The first-order valence-electron chi connectivity index (χ1n) is 9.00. The van der Waals surface area contributed by atoms with Crippen LogP contribution < -0.4 is 0 Å². The van der Waals surface area contributed by atoms with E-state index in [9.17, 15) is 0 Å². The van der Waals surface area contributed by atoms with E-state index in [2.05, 4.69) is 65.4 Å². The lowest BCUT2D eigenvalue weighted by atomic mass is 10.2. The maximum absolute atomic E-state index is 2.81. The fourth-order valence-corrected chi connectivity index (χ4v) is 5.75. The molecule has 2 aliphatic heterocycles. The molecular weight excluding hydrogens is 260 g/mol. The van der Waals surface area contributed by atoms with Crippen molar-refractivity contribution >= 4 is 0 Å². The largest absolute Gasteiger partial charge is 0.356 e. The fraction of sp³-hybridized carbons (Fsp3) is 1.00. The third-order valence-corrected chi connectivity index (χ3v) is 6.95. The Morgan fingerprint density at radius 3 is 2.05 bits per heavy atom. The van der Waals surface area contributed by atoms with Gasteiger partial charge in [0.25, 0.3) is 0 Å². The van der Waals surface area contributed by atoms with Crippen LogP contribution in [0.3, 0.4) is 0 Å². The smallest absolute Gasteiger partial charge is 0.244 e. The Balaban J connectivity index is 2.70. The lowest BCUT2D eigenvalue weighted by Gasteiger charge is -2.56. The molecule has 4 heteroatoms. The van der Waals surface area contributed by atoms with Crippen molar-refractivity contribution in [1.82, 2.24) is 9.80 Å². The van der Waals surface area contributed by atoms with Gasteiger partial charge in [0.2, 0.25) is 0 Å². The number of rotatable bonds is 4. The van der Waals surface area contributed by atoms with Gasteiger partial charge < -0.3 is 0 Å². The maximum atomic E-state index is 2.81. The number of hydrogen-bond donors (Lipinski definition) is 0. The molecule has 0 aromatic carbocycles. The molecule has 21 heavy (non-hydrogen) atoms. The molecule has 0 aliphatic carbocycles. The van der Waals surface area contributed by atoms with Crippen LogP contribution in [-0.4, -0.2) is 90.1 Å². The Morgan fingerprint density at radius 2 is 1.62 bits per heavy atom. The van der Waals surface area contributed by atoms with Gasteiger partial charge in [-0.3, -0.25) is 0 Å². The standard InChI is InChI=1S/C17H38N4/c1-9-18-13-16(6)21(8,12-4)17(18)19(10-2)15(5)14-20(17,7)11-3/h15-16H,9-14H2,1-8H3/q+2/t15?,16?,17?,20-,21-/m1/s1. The summed E-state index contributed by atoms with van der Waals surface area (Å²) in [6, 6.07) is 1.35. The van der Waals surface area contributed by atoms with Crippen molar-refractivity contribution in [3.8, 4) is 0 Å². The summed E-state index contributed by atoms with van der Waals surface area (Å²) in [5, 5.41) is 0. The van der Waals surface area contributed by atoms with Gasteiger partial charge in [-0.2, -0.15) is 9.80 Å². The van der Waals surface area contributed by atoms with Gasteiger partial charge in [-0.1, -0.05) is 13.8 Å². The summed E-state index contributed by atoms with van der Waals surface area (Å²) in [7, 11) is 5.01. The van der Waals surface area contributed by atoms with Crippen LogP contribution in [0.25, 0.3) is 0 Å². The van der Waals surface area contributed by atoms with Gasteiger partial charge in [-0.15, -0.1) is 0 Å². The average molecular weight is 299 g/mol. The van der Waals surface area contributed by atoms with Crippen molar-refractivity contribution in [2.24, 2.45) is 0 Å². The highest BCUT2D eigenvalue weighted by atomic mass is 15.9. The van der Waals surface area contributed by atoms with Gasteiger partial charge in [-0.25, -0.2) is 8.97 Å². The topological polar surface area (TPSA) is 6.48 Å². The molecule has 0 N–H and O–H groups in total. The van der Waals surface area contributed by atoms with Gasteiger partial charge in [0.1, 0.15) is 12.6 Å². The third-order valence-electron chi connectivity index (χ3n) is 6.95. The second kappa shape index (κ2) is 5.48. The molecule has 5 atom stereocenters. The second-order valence-electron chi connectivity index (χ2n) is 7.60. The lowest BCUT2D eigenvalue weighted by molar-refractivity contribution is -1.17. The summed E-state index contributed by atoms with van der Waals surface area (Å²) in [5.74, 6) is 0.117. The minimum atomic E-state index is 0.117. The summed E-state index contributed by atoms with van der Waals surface area (Å²) < 4.78 is 2.31. The molecule has 0 amide bonds. The van der Waals surface area contributed by atoms with E-state index in [4.69, 9.17) is 0 Å². The van der Waals surface area contributed by atoms with Crippen LogP contribution in [0.2, 0.25) is 0 Å². The normalized spacial score (nSPS) is 48.6. The zero-order chi connectivity index (χ0) is 16.1. The van der Waals surface area contributed by atoms with Gasteiger partial charge in [0, 0.05) is 13.1 Å². The van der Waals surface area contributed by atoms with E-state index >= 15 is 0 Å². The molecule has 0 aromatic heterocycles. The molecule has 4 nitrogen and oxygen atoms in total. The molecule has 124 valence electrons. The lowest BCUT2D eigenvalue weighted by Crippen LogP contribution is -2.82. The molecule has 2 heterocycles. The molecule has 2 rings (SSSR count). The van der Waals surface area contributed by atoms with Gasteiger partial charge in [0.05, 0.1) is 39.8 Å². The van der Waals surface area contributed by atoms with Crippen molar-refractivity contribution in [3.63, 3.8) is 0 Å². The predicted octanol–water partition coefficient (Wildman–Crippen LogP) is 1.98. The highest BCUT2D eigenvalue weighted by molar-refractivity contribution is 4.91. The summed E-state index contributed by atoms with van der Waals surface area (Å²) in [6.45, 7) is 21.5. The SMILES string of the molecule is CCN1CC(C)[N@@+](C)(CC)C12N(CC)C(C)C[N@@+]2(C)CC. The van der Waals surface area contributed by atoms with Crippen molar-refractivity contribution in [2.75, 3.05) is 53.4 Å². The van der Waals surface area contributed by atoms with E-state index in [-0.39, 0.29) is 5.91 Å². The summed E-state index contributed by atoms with van der Waals surface area (Å²) >= 11 is 0. The molecule has 3 unspecified atom stereocenters. The first-order chi connectivity index (χ1) is 9.78. The van der Waals surface area contributed by atoms with E-state index in [1.807, 2.05) is 0 Å². The van der Waals surface area contributed by atoms with E-state index in [0.717, 1.165) is 22.1 Å². The Morgan fingerprint density at radius 1 is 1.00 bits per heavy atom. The van der Waals surface area contributed by atoms with Crippen LogP contribution in [0.1, 0.15) is 41.5 Å². The molecule has 2 aliphatic rings. The zero-order valence-corrected chi connectivity index (χ0v) is 15.7. The van der Waals surface area contributed by atoms with Gasteiger partial charge in [-0.05, 0) is 27.7 Å². The quantitative estimate of drug-likeness (QED) is 0.732. The minimum absolute atomic E-state index is 0.117. The number of quaternary nitrogens is 2. The van der Waals surface area contributed by atoms with E-state index < -0.39 is 0 Å². The van der Waals surface area contributed by atoms with Crippen molar-refractivity contribution in [3.05, 3.63) is 0 Å². The van der Waals surface area contributed by atoms with Crippen molar-refractivity contribution in [1.29, 1.82) is 0 Å². The van der Waals surface area contributed by atoms with Crippen LogP contribution in [0.4, 0.5) is 0 Å². The number of hydrogen-bond acceptors (Lipinski definition) is 2. The molecule has 2 fully saturated rings. The van der Waals surface area contributed by atoms with Crippen LogP contribution >= 0.6 is 0 Å². The Hall–Kier alpha value is -0.160. The number of likely N-dealkylation sites (N-methyl/N-ethyl adjacent to an activating group) is 4. The van der Waals surface area contributed by atoms with Gasteiger partial charge in [0.15, 0.2) is 0 Å². The zero-order valence-electron chi connectivity index (χ0n) is 15.7. The summed E-state index contributed by atoms with van der Waals surface area (Å²) in [4.78, 5) is 5.60. The first-order valence-corrected chi connectivity index (χ1v) is 9.00. The summed E-state index contributed by atoms with van der Waals surface area (Å²) in [6.07, 6.45) is 0. The highest BCUT2D eigenvalue weighted by Crippen LogP contribution is 2.50. The third kappa shape index (κ3) is 1.82. The van der Waals surface area contributed by atoms with E-state index in [1.165, 1.54) is 26.2 Å². The molecule has 0 aromatic rings. The molecule has 2 saturated heterocycles. The molecule has 0 saturated carbocycles.